The minimum atomic E-state index is 0.542. The zero-order chi connectivity index (χ0) is 15.5. The van der Waals surface area contributed by atoms with Crippen LogP contribution in [0, 0.1) is 5.41 Å². The molecular formula is C18H32N2S. The Hall–Kier alpha value is -0.410. The minimum absolute atomic E-state index is 0.542. The quantitative estimate of drug-likeness (QED) is 0.773. The van der Waals surface area contributed by atoms with E-state index >= 15 is 0 Å². The van der Waals surface area contributed by atoms with Crippen molar-refractivity contribution in [3.8, 4) is 0 Å². The highest BCUT2D eigenvalue weighted by atomic mass is 32.1. The fraction of sp³-hybridized carbons (Fsp3) is 0.833. The molecule has 21 heavy (non-hydrogen) atoms. The van der Waals surface area contributed by atoms with Crippen LogP contribution in [0.5, 0.6) is 0 Å². The van der Waals surface area contributed by atoms with Crippen molar-refractivity contribution in [3.63, 3.8) is 0 Å². The Morgan fingerprint density at radius 1 is 1.29 bits per heavy atom. The van der Waals surface area contributed by atoms with E-state index in [1.165, 1.54) is 47.7 Å². The third-order valence-corrected chi connectivity index (χ3v) is 5.90. The first-order chi connectivity index (χ1) is 9.91. The first kappa shape index (κ1) is 17.0. The van der Waals surface area contributed by atoms with Gasteiger partial charge in [-0.3, -0.25) is 0 Å². The van der Waals surface area contributed by atoms with Gasteiger partial charge in [0.1, 0.15) is 0 Å². The summed E-state index contributed by atoms with van der Waals surface area (Å²) in [6.07, 6.45) is 7.66. The third kappa shape index (κ3) is 4.79. The molecule has 1 N–H and O–H groups in total. The van der Waals surface area contributed by atoms with Gasteiger partial charge >= 0.3 is 0 Å². The van der Waals surface area contributed by atoms with Gasteiger partial charge in [0.05, 0.1) is 10.7 Å². The fourth-order valence-electron chi connectivity index (χ4n) is 3.09. The van der Waals surface area contributed by atoms with Crippen LogP contribution in [0.3, 0.4) is 0 Å². The van der Waals surface area contributed by atoms with E-state index < -0.39 is 0 Å². The Balaban J connectivity index is 2.07. The number of thiazole rings is 1. The van der Waals surface area contributed by atoms with E-state index in [0.717, 1.165) is 13.0 Å². The van der Waals surface area contributed by atoms with Crippen LogP contribution in [0.2, 0.25) is 0 Å². The molecule has 0 spiro atoms. The number of aryl methyl sites for hydroxylation is 1. The molecular weight excluding hydrogens is 276 g/mol. The van der Waals surface area contributed by atoms with Crippen molar-refractivity contribution in [2.45, 2.75) is 91.6 Å². The first-order valence-electron chi connectivity index (χ1n) is 8.63. The van der Waals surface area contributed by atoms with Gasteiger partial charge in [0.25, 0.3) is 0 Å². The van der Waals surface area contributed by atoms with Crippen molar-refractivity contribution in [1.29, 1.82) is 0 Å². The molecule has 1 aromatic rings. The zero-order valence-corrected chi connectivity index (χ0v) is 15.3. The molecule has 2 rings (SSSR count). The Morgan fingerprint density at radius 3 is 2.52 bits per heavy atom. The summed E-state index contributed by atoms with van der Waals surface area (Å²) in [5.41, 5.74) is 1.90. The zero-order valence-electron chi connectivity index (χ0n) is 14.5. The molecule has 3 heteroatoms. The molecule has 1 heterocycles. The van der Waals surface area contributed by atoms with E-state index in [2.05, 4.69) is 39.9 Å². The van der Waals surface area contributed by atoms with Crippen LogP contribution in [0.15, 0.2) is 0 Å². The summed E-state index contributed by atoms with van der Waals surface area (Å²) in [7, 11) is 0. The molecule has 1 aliphatic carbocycles. The monoisotopic (exact) mass is 308 g/mol. The second-order valence-corrected chi connectivity index (χ2v) is 8.76. The van der Waals surface area contributed by atoms with E-state index in [-0.39, 0.29) is 0 Å². The van der Waals surface area contributed by atoms with Crippen LogP contribution < -0.4 is 5.32 Å². The summed E-state index contributed by atoms with van der Waals surface area (Å²) in [6.45, 7) is 12.5. The highest BCUT2D eigenvalue weighted by Gasteiger charge is 2.29. The highest BCUT2D eigenvalue weighted by Crippen LogP contribution is 2.43. The van der Waals surface area contributed by atoms with Crippen molar-refractivity contribution in [2.24, 2.45) is 5.41 Å². The summed E-state index contributed by atoms with van der Waals surface area (Å²) < 4.78 is 0. The highest BCUT2D eigenvalue weighted by molar-refractivity contribution is 7.11. The largest absolute Gasteiger partial charge is 0.310 e. The molecule has 1 fully saturated rings. The molecule has 0 radical (unpaired) electrons. The van der Waals surface area contributed by atoms with Gasteiger partial charge < -0.3 is 5.32 Å². The number of nitrogens with zero attached hydrogens (tertiary/aromatic N) is 1. The summed E-state index contributed by atoms with van der Waals surface area (Å²) in [5.74, 6) is 0.714. The van der Waals surface area contributed by atoms with Gasteiger partial charge in [-0.1, -0.05) is 41.0 Å². The van der Waals surface area contributed by atoms with Gasteiger partial charge in [-0.25, -0.2) is 4.98 Å². The second-order valence-electron chi connectivity index (χ2n) is 7.65. The predicted octanol–water partition coefficient (Wildman–Crippen LogP) is 5.28. The SMILES string of the molecule is CCCc1nc(C2CCC(C)(C)CC2)sc1CNC(C)C. The average molecular weight is 309 g/mol. The lowest BCUT2D eigenvalue weighted by molar-refractivity contribution is 0.224. The number of nitrogens with one attached hydrogen (secondary N) is 1. The Morgan fingerprint density at radius 2 is 1.95 bits per heavy atom. The topological polar surface area (TPSA) is 24.9 Å². The average Bonchev–Trinajstić information content (AvgIpc) is 2.80. The van der Waals surface area contributed by atoms with Crippen molar-refractivity contribution in [2.75, 3.05) is 0 Å². The lowest BCUT2D eigenvalue weighted by atomic mass is 9.73. The predicted molar refractivity (Wildman–Crippen MR) is 93.1 cm³/mol. The van der Waals surface area contributed by atoms with Crippen molar-refractivity contribution in [3.05, 3.63) is 15.6 Å². The fourth-order valence-corrected chi connectivity index (χ4v) is 4.32. The van der Waals surface area contributed by atoms with Crippen LogP contribution in [0.4, 0.5) is 0 Å². The minimum Gasteiger partial charge on any atom is -0.310 e. The summed E-state index contributed by atoms with van der Waals surface area (Å²) in [5, 5.41) is 4.97. The van der Waals surface area contributed by atoms with Crippen molar-refractivity contribution in [1.82, 2.24) is 10.3 Å². The van der Waals surface area contributed by atoms with Gasteiger partial charge in [-0.05, 0) is 37.5 Å². The molecule has 1 aliphatic rings. The molecule has 0 saturated heterocycles. The normalized spacial score (nSPS) is 19.3. The Kier molecular flexibility index (Phi) is 5.84. The second kappa shape index (κ2) is 7.23. The molecule has 1 aromatic heterocycles. The maximum Gasteiger partial charge on any atom is 0.0962 e. The third-order valence-electron chi connectivity index (χ3n) is 4.64. The molecule has 0 unspecified atom stereocenters. The van der Waals surface area contributed by atoms with E-state index in [9.17, 15) is 0 Å². The van der Waals surface area contributed by atoms with E-state index in [1.54, 1.807) is 0 Å². The number of rotatable bonds is 6. The van der Waals surface area contributed by atoms with Gasteiger partial charge in [0, 0.05) is 23.4 Å². The smallest absolute Gasteiger partial charge is 0.0962 e. The summed E-state index contributed by atoms with van der Waals surface area (Å²) in [4.78, 5) is 6.51. The van der Waals surface area contributed by atoms with Crippen LogP contribution in [0.1, 0.15) is 88.2 Å². The number of hydrogen-bond acceptors (Lipinski definition) is 3. The molecule has 2 nitrogen and oxygen atoms in total. The lowest BCUT2D eigenvalue weighted by Gasteiger charge is -2.33. The molecule has 1 saturated carbocycles. The van der Waals surface area contributed by atoms with Crippen molar-refractivity contribution < 1.29 is 0 Å². The molecule has 0 aromatic carbocycles. The van der Waals surface area contributed by atoms with E-state index in [4.69, 9.17) is 4.98 Å². The van der Waals surface area contributed by atoms with Gasteiger partial charge in [0.15, 0.2) is 0 Å². The standard InChI is InChI=1S/C18H32N2S/c1-6-7-15-16(12-19-13(2)3)21-17(20-15)14-8-10-18(4,5)11-9-14/h13-14,19H,6-12H2,1-5H3. The molecule has 0 atom stereocenters. The number of aromatic nitrogens is 1. The van der Waals surface area contributed by atoms with Gasteiger partial charge in [0.2, 0.25) is 0 Å². The maximum absolute atomic E-state index is 5.03. The first-order valence-corrected chi connectivity index (χ1v) is 9.45. The van der Waals surface area contributed by atoms with Crippen LogP contribution in [-0.2, 0) is 13.0 Å². The summed E-state index contributed by atoms with van der Waals surface area (Å²) in [6, 6.07) is 0.542. The molecule has 0 bridgehead atoms. The lowest BCUT2D eigenvalue weighted by Crippen LogP contribution is -2.21. The summed E-state index contributed by atoms with van der Waals surface area (Å²) >= 11 is 1.97. The van der Waals surface area contributed by atoms with Crippen molar-refractivity contribution >= 4 is 11.3 Å². The van der Waals surface area contributed by atoms with Crippen LogP contribution in [-0.4, -0.2) is 11.0 Å². The van der Waals surface area contributed by atoms with Gasteiger partial charge in [-0.15, -0.1) is 11.3 Å². The maximum atomic E-state index is 5.03. The Labute approximate surface area is 134 Å². The van der Waals surface area contributed by atoms with E-state index in [1.807, 2.05) is 11.3 Å². The van der Waals surface area contributed by atoms with Gasteiger partial charge in [-0.2, -0.15) is 0 Å². The molecule has 0 aliphatic heterocycles. The molecule has 0 amide bonds. The molecule has 120 valence electrons. The van der Waals surface area contributed by atoms with E-state index in [0.29, 0.717) is 17.4 Å². The van der Waals surface area contributed by atoms with Crippen LogP contribution >= 0.6 is 11.3 Å². The Bertz CT molecular complexity index is 438. The van der Waals surface area contributed by atoms with Crippen LogP contribution in [0.25, 0.3) is 0 Å². The number of hydrogen-bond donors (Lipinski definition) is 1.